The zero-order valence-corrected chi connectivity index (χ0v) is 14.0. The number of nitrogens with two attached hydrogens (primary N) is 4. The molecule has 0 saturated carbocycles. The minimum atomic E-state index is -6.00. The average molecular weight is 296 g/mol. The van der Waals surface area contributed by atoms with Crippen molar-refractivity contribution < 1.29 is 54.2 Å². The number of hydrogen-bond acceptors (Lipinski definition) is 4. The van der Waals surface area contributed by atoms with Crippen LogP contribution in [0.15, 0.2) is 0 Å². The van der Waals surface area contributed by atoms with E-state index in [4.69, 9.17) is 14.8 Å². The van der Waals surface area contributed by atoms with Gasteiger partial charge in [-0.3, -0.25) is 0 Å². The Morgan fingerprint density at radius 1 is 0.471 bits per heavy atom. The van der Waals surface area contributed by atoms with Crippen LogP contribution in [0.5, 0.6) is 0 Å². The zero-order valence-electron chi connectivity index (χ0n) is 12.4. The summed E-state index contributed by atoms with van der Waals surface area (Å²) in [4.78, 5) is 0. The molecule has 0 aliphatic rings. The third-order valence-corrected chi connectivity index (χ3v) is 0. The quantitative estimate of drug-likeness (QED) is 0.327. The van der Waals surface area contributed by atoms with Crippen molar-refractivity contribution in [1.29, 1.82) is 0 Å². The summed E-state index contributed by atoms with van der Waals surface area (Å²) in [6.45, 7) is 0. The van der Waals surface area contributed by atoms with Crippen molar-refractivity contribution in [3.8, 4) is 0 Å². The molecule has 0 heterocycles. The molecule has 0 aliphatic carbocycles. The Bertz CT molecular complexity index is 72.4. The maximum atomic E-state index is 8.62. The Morgan fingerprint density at radius 2 is 0.471 bits per heavy atom. The summed E-state index contributed by atoms with van der Waals surface area (Å²) in [7, 11) is 16.0. The third kappa shape index (κ3) is 21800. The molecular formula is C8H32N4O4Ti. The van der Waals surface area contributed by atoms with Gasteiger partial charge in [-0.25, -0.2) is 0 Å². The van der Waals surface area contributed by atoms with Crippen LogP contribution >= 0.6 is 0 Å². The molecule has 112 valence electrons. The van der Waals surface area contributed by atoms with Crippen LogP contribution in [-0.2, 0) is 18.1 Å². The van der Waals surface area contributed by atoms with Crippen LogP contribution in [0, 0.1) is 0 Å². The van der Waals surface area contributed by atoms with Gasteiger partial charge < -0.3 is 21.3 Å². The molecule has 0 aromatic heterocycles. The van der Waals surface area contributed by atoms with Crippen LogP contribution in [-0.4, -0.2) is 56.4 Å². The Balaban J connectivity index is -0.0000000362. The van der Waals surface area contributed by atoms with E-state index in [1.54, 1.807) is 0 Å². The van der Waals surface area contributed by atoms with E-state index in [1.165, 1.54) is 0 Å². The number of hydrogen-bond donors (Lipinski definition) is 4. The first-order chi connectivity index (χ1) is 7.66. The van der Waals surface area contributed by atoms with Gasteiger partial charge in [0.15, 0.2) is 0 Å². The van der Waals surface area contributed by atoms with E-state index in [2.05, 4.69) is 0 Å². The monoisotopic (exact) mass is 296 g/mol. The van der Waals surface area contributed by atoms with Gasteiger partial charge in [0.05, 0.1) is 56.4 Å². The molecule has 0 spiro atoms. The molecular weight excluding hydrogens is 264 g/mol. The first-order valence-electron chi connectivity index (χ1n) is 5.44. The number of rotatable bonds is 0. The van der Waals surface area contributed by atoms with Crippen LogP contribution < -0.4 is 36.0 Å². The normalized spacial score (nSPS) is 7.76. The molecule has 9 heteroatoms. The van der Waals surface area contributed by atoms with Crippen molar-refractivity contribution in [2.75, 3.05) is 56.4 Å². The molecule has 0 radical (unpaired) electrons. The molecule has 17 heavy (non-hydrogen) atoms. The fourth-order valence-electron chi connectivity index (χ4n) is 0. The molecule has 0 unspecified atom stereocenters. The molecule has 8 N–H and O–H groups in total. The predicted octanol–water partition coefficient (Wildman–Crippen LogP) is -9.52. The molecule has 0 saturated heterocycles. The summed E-state index contributed by atoms with van der Waals surface area (Å²) < 4.78 is 34.5. The topological polar surface area (TPSA) is 159 Å². The van der Waals surface area contributed by atoms with Crippen molar-refractivity contribution >= 4 is 0 Å². The Morgan fingerprint density at radius 3 is 0.471 bits per heavy atom. The third-order valence-electron chi connectivity index (χ3n) is 0. The second-order valence-electron chi connectivity index (χ2n) is 2.81. The SMILES string of the molecule is C[NH2+]C.C[NH2+]C.C[NH2+]C.C[NH2+]C.[O-][Ti]([O-])([O-])[O-]. The van der Waals surface area contributed by atoms with Gasteiger partial charge in [0.2, 0.25) is 0 Å². The van der Waals surface area contributed by atoms with Gasteiger partial charge in [-0.15, -0.1) is 0 Å². The summed E-state index contributed by atoms with van der Waals surface area (Å²) >= 11 is -6.00. The van der Waals surface area contributed by atoms with Crippen molar-refractivity contribution in [2.24, 2.45) is 0 Å². The summed E-state index contributed by atoms with van der Waals surface area (Å²) in [6, 6.07) is 0. The first kappa shape index (κ1) is 30.4. The Labute approximate surface area is 111 Å². The van der Waals surface area contributed by atoms with Gasteiger partial charge in [-0.05, 0) is 0 Å². The Kier molecular flexibility index (Phi) is 64.4. The van der Waals surface area contributed by atoms with E-state index >= 15 is 0 Å². The molecule has 0 rings (SSSR count). The second-order valence-corrected chi connectivity index (χ2v) is 4.37. The molecule has 0 amide bonds. The van der Waals surface area contributed by atoms with E-state index < -0.39 is 18.1 Å². The van der Waals surface area contributed by atoms with Crippen LogP contribution in [0.3, 0.4) is 0 Å². The van der Waals surface area contributed by atoms with Crippen LogP contribution in [0.1, 0.15) is 0 Å². The zero-order chi connectivity index (χ0) is 15.3. The van der Waals surface area contributed by atoms with Crippen molar-refractivity contribution in [1.82, 2.24) is 0 Å². The fraction of sp³-hybridized carbons (Fsp3) is 1.00. The van der Waals surface area contributed by atoms with Gasteiger partial charge in [0.1, 0.15) is 0 Å². The maximum absolute atomic E-state index is 8.62. The average Bonchev–Trinajstić information content (AvgIpc) is 2.04. The molecule has 0 aromatic carbocycles. The van der Waals surface area contributed by atoms with Gasteiger partial charge in [0.25, 0.3) is 0 Å². The van der Waals surface area contributed by atoms with Crippen LogP contribution in [0.2, 0.25) is 0 Å². The van der Waals surface area contributed by atoms with Crippen LogP contribution in [0.4, 0.5) is 0 Å². The van der Waals surface area contributed by atoms with E-state index in [0.29, 0.717) is 0 Å². The molecule has 0 bridgehead atoms. The Hall–Kier alpha value is 0.394. The molecule has 0 aliphatic heterocycles. The van der Waals surface area contributed by atoms with E-state index in [1.807, 2.05) is 77.6 Å². The standard InChI is InChI=1S/4C2H7N.4O.Ti/c4*1-3-2;;;;;/h4*3H,1-2H3;;;;;/q;;;;4*-1;/p+4. The van der Waals surface area contributed by atoms with E-state index in [0.717, 1.165) is 0 Å². The fourth-order valence-corrected chi connectivity index (χ4v) is 0. The predicted molar refractivity (Wildman–Crippen MR) is 55.1 cm³/mol. The van der Waals surface area contributed by atoms with E-state index in [9.17, 15) is 0 Å². The summed E-state index contributed by atoms with van der Waals surface area (Å²) in [5.41, 5.74) is 0. The van der Waals surface area contributed by atoms with E-state index in [-0.39, 0.29) is 0 Å². The van der Waals surface area contributed by atoms with Crippen molar-refractivity contribution in [2.45, 2.75) is 0 Å². The van der Waals surface area contributed by atoms with Gasteiger partial charge in [-0.2, -0.15) is 0 Å². The molecule has 0 atom stereocenters. The van der Waals surface area contributed by atoms with Crippen molar-refractivity contribution in [3.63, 3.8) is 0 Å². The van der Waals surface area contributed by atoms with Crippen LogP contribution in [0.25, 0.3) is 0 Å². The minimum absolute atomic E-state index is 2.00. The van der Waals surface area contributed by atoms with Gasteiger partial charge >= 0.3 is 32.9 Å². The van der Waals surface area contributed by atoms with Crippen molar-refractivity contribution in [3.05, 3.63) is 0 Å². The molecule has 0 aromatic rings. The second kappa shape index (κ2) is 36.0. The molecule has 0 fully saturated rings. The van der Waals surface area contributed by atoms with Gasteiger partial charge in [0, 0.05) is 0 Å². The van der Waals surface area contributed by atoms with Gasteiger partial charge in [-0.1, -0.05) is 0 Å². The first-order valence-corrected chi connectivity index (χ1v) is 7.99. The molecule has 8 nitrogen and oxygen atoms in total. The number of quaternary nitrogens is 4. The summed E-state index contributed by atoms with van der Waals surface area (Å²) in [6.07, 6.45) is 0. The summed E-state index contributed by atoms with van der Waals surface area (Å²) in [5, 5.41) is 8.00. The summed E-state index contributed by atoms with van der Waals surface area (Å²) in [5.74, 6) is 0.